The predicted octanol–water partition coefficient (Wildman–Crippen LogP) is 3.15. The quantitative estimate of drug-likeness (QED) is 0.357. The fourth-order valence-corrected chi connectivity index (χ4v) is 4.15. The minimum Gasteiger partial charge on any atom is -0.460 e. The number of nitrogens with one attached hydrogen (secondary N) is 1. The van der Waals surface area contributed by atoms with Crippen LogP contribution in [0.25, 0.3) is 11.0 Å². The van der Waals surface area contributed by atoms with Gasteiger partial charge in [-0.3, -0.25) is 9.71 Å². The predicted molar refractivity (Wildman–Crippen MR) is 105 cm³/mol. The van der Waals surface area contributed by atoms with Gasteiger partial charge in [-0.05, 0) is 19.2 Å². The summed E-state index contributed by atoms with van der Waals surface area (Å²) in [5.41, 5.74) is 7.45. The number of furan rings is 1. The molecule has 1 unspecified atom stereocenters. The Balaban J connectivity index is 1.90. The summed E-state index contributed by atoms with van der Waals surface area (Å²) in [5, 5.41) is 1.93. The van der Waals surface area contributed by atoms with Gasteiger partial charge in [0.2, 0.25) is 10.0 Å². The molecular weight excluding hydrogens is 394 g/mol. The summed E-state index contributed by atoms with van der Waals surface area (Å²) in [7, 11) is -3.40. The molecule has 0 aliphatic heterocycles. The third-order valence-corrected chi connectivity index (χ3v) is 5.59. The molecular formula is C15H17N5O3S3. The maximum atomic E-state index is 11.5. The second-order valence-corrected chi connectivity index (χ2v) is 9.39. The lowest BCUT2D eigenvalue weighted by atomic mass is 10.2. The molecule has 8 nitrogen and oxygen atoms in total. The van der Waals surface area contributed by atoms with Gasteiger partial charge in [0.1, 0.15) is 17.1 Å². The molecule has 0 aliphatic rings. The number of thioether (sulfide) groups is 2. The van der Waals surface area contributed by atoms with E-state index in [2.05, 4.69) is 19.7 Å². The number of nitrogens with two attached hydrogens (primary N) is 1. The van der Waals surface area contributed by atoms with Crippen LogP contribution in [0, 0.1) is 0 Å². The topological polar surface area (TPSA) is 124 Å². The molecule has 0 radical (unpaired) electrons. The van der Waals surface area contributed by atoms with E-state index in [4.69, 9.17) is 10.2 Å². The Morgan fingerprint density at radius 2 is 2.08 bits per heavy atom. The van der Waals surface area contributed by atoms with E-state index in [-0.39, 0.29) is 5.25 Å². The smallest absolute Gasteiger partial charge is 0.229 e. The van der Waals surface area contributed by atoms with Crippen molar-refractivity contribution in [3.63, 3.8) is 0 Å². The largest absolute Gasteiger partial charge is 0.460 e. The number of nitrogens with zero attached hydrogens (tertiary/aromatic N) is 3. The van der Waals surface area contributed by atoms with E-state index in [0.29, 0.717) is 27.6 Å². The average molecular weight is 412 g/mol. The molecule has 3 N–H and O–H groups in total. The van der Waals surface area contributed by atoms with Crippen molar-refractivity contribution in [3.8, 4) is 0 Å². The van der Waals surface area contributed by atoms with E-state index in [1.807, 2.05) is 13.2 Å². The zero-order valence-electron chi connectivity index (χ0n) is 14.3. The molecule has 0 aromatic carbocycles. The van der Waals surface area contributed by atoms with Crippen LogP contribution in [0.5, 0.6) is 0 Å². The zero-order valence-corrected chi connectivity index (χ0v) is 16.7. The van der Waals surface area contributed by atoms with E-state index in [0.717, 1.165) is 17.0 Å². The number of pyridine rings is 1. The summed E-state index contributed by atoms with van der Waals surface area (Å²) >= 11 is 2.92. The first kappa shape index (κ1) is 18.8. The number of hydrogen-bond donors (Lipinski definition) is 2. The van der Waals surface area contributed by atoms with Crippen molar-refractivity contribution in [2.75, 3.05) is 23.0 Å². The Hall–Kier alpha value is -1.98. The van der Waals surface area contributed by atoms with E-state index in [1.54, 1.807) is 18.3 Å². The van der Waals surface area contributed by atoms with Crippen LogP contribution in [0.2, 0.25) is 0 Å². The summed E-state index contributed by atoms with van der Waals surface area (Å²) in [6.45, 7) is 1.97. The molecule has 0 bridgehead atoms. The van der Waals surface area contributed by atoms with Crippen LogP contribution in [0.15, 0.2) is 39.2 Å². The maximum Gasteiger partial charge on any atom is 0.229 e. The Morgan fingerprint density at radius 3 is 2.77 bits per heavy atom. The van der Waals surface area contributed by atoms with Crippen LogP contribution in [0.4, 0.5) is 11.5 Å². The fourth-order valence-electron chi connectivity index (χ4n) is 2.25. The number of nitrogen functional groups attached to an aromatic ring is 1. The normalized spacial score (nSPS) is 13.0. The third kappa shape index (κ3) is 4.40. The standard InChI is InChI=1S/C15H17N5O3S3/c1-8(25-15-18-13(16)5-14(19-15)24-2)10-4-9-11(20-26(3,21)22)7-23-12(9)6-17-10/h4-8,20H,1-3H3,(H2,16,18,19). The minimum atomic E-state index is -3.40. The summed E-state index contributed by atoms with van der Waals surface area (Å²) < 4.78 is 30.8. The molecule has 3 rings (SSSR count). The molecule has 3 heterocycles. The first-order valence-corrected chi connectivity index (χ1v) is 11.4. The number of fused-ring (bicyclic) bond motifs is 1. The van der Waals surface area contributed by atoms with Crippen molar-refractivity contribution < 1.29 is 12.8 Å². The van der Waals surface area contributed by atoms with Gasteiger partial charge >= 0.3 is 0 Å². The molecule has 0 spiro atoms. The highest BCUT2D eigenvalue weighted by Crippen LogP contribution is 2.35. The molecule has 0 saturated heterocycles. The number of anilines is 2. The van der Waals surface area contributed by atoms with Crippen LogP contribution in [0.1, 0.15) is 17.9 Å². The first-order valence-electron chi connectivity index (χ1n) is 7.45. The monoisotopic (exact) mass is 411 g/mol. The number of sulfonamides is 1. The van der Waals surface area contributed by atoms with Gasteiger partial charge in [-0.15, -0.1) is 11.8 Å². The fraction of sp³-hybridized carbons (Fsp3) is 0.267. The lowest BCUT2D eigenvalue weighted by Crippen LogP contribution is -2.09. The molecule has 0 amide bonds. The van der Waals surface area contributed by atoms with Gasteiger partial charge in [0, 0.05) is 11.5 Å². The van der Waals surface area contributed by atoms with E-state index < -0.39 is 10.0 Å². The molecule has 0 aliphatic carbocycles. The number of aromatic nitrogens is 3. The lowest BCUT2D eigenvalue weighted by molar-refractivity contribution is 0.604. The van der Waals surface area contributed by atoms with Gasteiger partial charge in [-0.1, -0.05) is 11.8 Å². The summed E-state index contributed by atoms with van der Waals surface area (Å²) in [4.78, 5) is 13.1. The van der Waals surface area contributed by atoms with Gasteiger partial charge in [-0.25, -0.2) is 18.4 Å². The maximum absolute atomic E-state index is 11.5. The van der Waals surface area contributed by atoms with Crippen molar-refractivity contribution in [1.29, 1.82) is 0 Å². The van der Waals surface area contributed by atoms with Crippen LogP contribution in [-0.4, -0.2) is 35.9 Å². The van der Waals surface area contributed by atoms with Crippen LogP contribution >= 0.6 is 23.5 Å². The highest BCUT2D eigenvalue weighted by molar-refractivity contribution is 7.99. The van der Waals surface area contributed by atoms with E-state index in [1.165, 1.54) is 29.8 Å². The Labute approximate surface area is 159 Å². The molecule has 11 heteroatoms. The zero-order chi connectivity index (χ0) is 18.9. The van der Waals surface area contributed by atoms with Gasteiger partial charge < -0.3 is 10.2 Å². The van der Waals surface area contributed by atoms with Crippen molar-refractivity contribution in [1.82, 2.24) is 15.0 Å². The average Bonchev–Trinajstić information content (AvgIpc) is 2.94. The highest BCUT2D eigenvalue weighted by atomic mass is 32.2. The second kappa shape index (κ2) is 7.33. The minimum absolute atomic E-state index is 0.0723. The van der Waals surface area contributed by atoms with Gasteiger partial charge in [0.25, 0.3) is 0 Å². The molecule has 3 aromatic heterocycles. The Morgan fingerprint density at radius 1 is 1.31 bits per heavy atom. The van der Waals surface area contributed by atoms with E-state index in [9.17, 15) is 8.42 Å². The summed E-state index contributed by atoms with van der Waals surface area (Å²) in [6, 6.07) is 3.52. The van der Waals surface area contributed by atoms with Crippen LogP contribution < -0.4 is 10.5 Å². The van der Waals surface area contributed by atoms with E-state index >= 15 is 0 Å². The Bertz CT molecular complexity index is 1050. The van der Waals surface area contributed by atoms with Crippen molar-refractivity contribution >= 4 is 56.0 Å². The Kier molecular flexibility index (Phi) is 5.30. The van der Waals surface area contributed by atoms with Crippen molar-refractivity contribution in [2.45, 2.75) is 22.4 Å². The van der Waals surface area contributed by atoms with Gasteiger partial charge in [0.05, 0.1) is 29.1 Å². The third-order valence-electron chi connectivity index (χ3n) is 3.39. The van der Waals surface area contributed by atoms with Crippen molar-refractivity contribution in [2.24, 2.45) is 0 Å². The first-order chi connectivity index (χ1) is 12.2. The molecule has 138 valence electrons. The van der Waals surface area contributed by atoms with Gasteiger partial charge in [-0.2, -0.15) is 0 Å². The summed E-state index contributed by atoms with van der Waals surface area (Å²) in [5.74, 6) is 0.414. The number of hydrogen-bond acceptors (Lipinski definition) is 9. The SMILES string of the molecule is CSc1cc(N)nc(SC(C)c2cc3c(NS(C)(=O)=O)coc3cn2)n1. The number of rotatable bonds is 6. The lowest BCUT2D eigenvalue weighted by Gasteiger charge is -2.11. The summed E-state index contributed by atoms with van der Waals surface area (Å²) in [6.07, 6.45) is 5.95. The van der Waals surface area contributed by atoms with Crippen molar-refractivity contribution in [3.05, 3.63) is 30.3 Å². The molecule has 0 saturated carbocycles. The molecule has 3 aromatic rings. The van der Waals surface area contributed by atoms with Crippen LogP contribution in [-0.2, 0) is 10.0 Å². The van der Waals surface area contributed by atoms with Crippen LogP contribution in [0.3, 0.4) is 0 Å². The molecule has 0 fully saturated rings. The highest BCUT2D eigenvalue weighted by Gasteiger charge is 2.16. The molecule has 26 heavy (non-hydrogen) atoms. The second-order valence-electron chi connectivity index (χ2n) is 5.51. The molecule has 1 atom stereocenters. The van der Waals surface area contributed by atoms with Gasteiger partial charge in [0.15, 0.2) is 10.7 Å².